The van der Waals surface area contributed by atoms with Crippen molar-refractivity contribution in [3.63, 3.8) is 0 Å². The lowest BCUT2D eigenvalue weighted by Gasteiger charge is -2.24. The largest absolute Gasteiger partial charge is 0.497 e. The molecule has 1 aliphatic heterocycles. The average molecular weight is 366 g/mol. The quantitative estimate of drug-likeness (QED) is 0.728. The maximum Gasteiger partial charge on any atom is 0.227 e. The van der Waals surface area contributed by atoms with Gasteiger partial charge in [0, 0.05) is 22.7 Å². The van der Waals surface area contributed by atoms with E-state index in [1.165, 1.54) is 0 Å². The van der Waals surface area contributed by atoms with Gasteiger partial charge < -0.3 is 24.5 Å². The van der Waals surface area contributed by atoms with Crippen molar-refractivity contribution >= 4 is 16.8 Å². The number of hydrogen-bond acceptors (Lipinski definition) is 4. The molecule has 0 bridgehead atoms. The van der Waals surface area contributed by atoms with Gasteiger partial charge in [-0.15, -0.1) is 0 Å². The van der Waals surface area contributed by atoms with Crippen molar-refractivity contribution < 1.29 is 19.0 Å². The molecule has 0 radical (unpaired) electrons. The second-order valence-corrected chi connectivity index (χ2v) is 6.65. The van der Waals surface area contributed by atoms with Gasteiger partial charge in [-0.3, -0.25) is 4.79 Å². The first-order valence-corrected chi connectivity index (χ1v) is 8.89. The van der Waals surface area contributed by atoms with Crippen molar-refractivity contribution in [2.24, 2.45) is 5.92 Å². The third-order valence-corrected chi connectivity index (χ3v) is 4.89. The molecule has 6 heteroatoms. The zero-order valence-corrected chi connectivity index (χ0v) is 15.4. The van der Waals surface area contributed by atoms with Crippen LogP contribution in [0.4, 0.5) is 0 Å². The molecular weight excluding hydrogens is 344 g/mol. The number of aromatic nitrogens is 1. The van der Waals surface area contributed by atoms with Gasteiger partial charge in [0.15, 0.2) is 0 Å². The van der Waals surface area contributed by atoms with Crippen LogP contribution < -0.4 is 19.5 Å². The number of ether oxygens (including phenoxy) is 3. The van der Waals surface area contributed by atoms with Crippen molar-refractivity contribution in [2.45, 2.75) is 13.0 Å². The van der Waals surface area contributed by atoms with Crippen molar-refractivity contribution in [1.82, 2.24) is 10.3 Å². The lowest BCUT2D eigenvalue weighted by molar-refractivity contribution is -0.126. The van der Waals surface area contributed by atoms with Crippen molar-refractivity contribution in [1.29, 1.82) is 0 Å². The number of H-pyrrole nitrogens is 1. The fraction of sp³-hybridized carbons (Fsp3) is 0.286. The van der Waals surface area contributed by atoms with Crippen LogP contribution in [0.25, 0.3) is 10.9 Å². The lowest BCUT2D eigenvalue weighted by atomic mass is 9.96. The second kappa shape index (κ2) is 7.23. The number of aromatic amines is 1. The van der Waals surface area contributed by atoms with Crippen LogP contribution in [0.1, 0.15) is 11.3 Å². The van der Waals surface area contributed by atoms with Crippen molar-refractivity contribution in [2.75, 3.05) is 20.8 Å². The van der Waals surface area contributed by atoms with Gasteiger partial charge in [0.1, 0.15) is 23.9 Å². The number of methoxy groups -OCH3 is 2. The average Bonchev–Trinajstić information content (AvgIpc) is 3.13. The summed E-state index contributed by atoms with van der Waals surface area (Å²) in [6.45, 7) is 0.817. The minimum atomic E-state index is -0.199. The number of amides is 1. The number of carbonyl (C=O) groups excluding carboxylic acids is 1. The van der Waals surface area contributed by atoms with E-state index in [-0.39, 0.29) is 11.8 Å². The molecule has 27 heavy (non-hydrogen) atoms. The van der Waals surface area contributed by atoms with Gasteiger partial charge >= 0.3 is 0 Å². The Labute approximate surface area is 157 Å². The zero-order valence-electron chi connectivity index (χ0n) is 15.4. The van der Waals surface area contributed by atoms with Crippen LogP contribution >= 0.6 is 0 Å². The van der Waals surface area contributed by atoms with E-state index in [1.807, 2.05) is 42.5 Å². The zero-order chi connectivity index (χ0) is 18.8. The number of rotatable bonds is 5. The Morgan fingerprint density at radius 3 is 2.74 bits per heavy atom. The number of benzene rings is 2. The van der Waals surface area contributed by atoms with Crippen LogP contribution in [0.5, 0.6) is 17.2 Å². The van der Waals surface area contributed by atoms with Crippen LogP contribution in [-0.4, -0.2) is 31.7 Å². The Morgan fingerprint density at radius 1 is 1.15 bits per heavy atom. The highest BCUT2D eigenvalue weighted by molar-refractivity contribution is 5.83. The van der Waals surface area contributed by atoms with Crippen LogP contribution in [0.3, 0.4) is 0 Å². The molecule has 1 aliphatic rings. The standard InChI is InChI=1S/C21H22N2O4/c1-25-17-5-6-19-14(9-17)8-16(23-19)11-22-21(24)15-7-13-3-4-18(26-2)10-20(13)27-12-15/h3-6,8-10,15,23H,7,11-12H2,1-2H3,(H,22,24). The number of nitrogens with one attached hydrogen (secondary N) is 2. The summed E-state index contributed by atoms with van der Waals surface area (Å²) in [6.07, 6.45) is 0.662. The fourth-order valence-corrected chi connectivity index (χ4v) is 3.37. The smallest absolute Gasteiger partial charge is 0.227 e. The second-order valence-electron chi connectivity index (χ2n) is 6.65. The third kappa shape index (κ3) is 3.56. The van der Waals surface area contributed by atoms with E-state index in [4.69, 9.17) is 14.2 Å². The van der Waals surface area contributed by atoms with Crippen LogP contribution in [0.15, 0.2) is 42.5 Å². The minimum Gasteiger partial charge on any atom is -0.497 e. The summed E-state index contributed by atoms with van der Waals surface area (Å²) in [5.74, 6) is 2.16. The lowest BCUT2D eigenvalue weighted by Crippen LogP contribution is -2.37. The topological polar surface area (TPSA) is 72.6 Å². The Morgan fingerprint density at radius 2 is 1.93 bits per heavy atom. The van der Waals surface area contributed by atoms with Gasteiger partial charge in [-0.05, 0) is 42.3 Å². The molecule has 1 amide bonds. The Hall–Kier alpha value is -3.15. The van der Waals surface area contributed by atoms with E-state index >= 15 is 0 Å². The van der Waals surface area contributed by atoms with Gasteiger partial charge in [-0.1, -0.05) is 6.07 Å². The molecule has 2 heterocycles. The van der Waals surface area contributed by atoms with Gasteiger partial charge in [0.2, 0.25) is 5.91 Å². The first-order valence-electron chi connectivity index (χ1n) is 8.89. The van der Waals surface area contributed by atoms with Gasteiger partial charge in [0.25, 0.3) is 0 Å². The van der Waals surface area contributed by atoms with Crippen LogP contribution in [-0.2, 0) is 17.8 Å². The minimum absolute atomic E-state index is 0.00675. The Bertz CT molecular complexity index is 979. The summed E-state index contributed by atoms with van der Waals surface area (Å²) < 4.78 is 16.2. The molecule has 6 nitrogen and oxygen atoms in total. The SMILES string of the molecule is COc1ccc2c(c1)OCC(C(=O)NCc1cc3cc(OC)ccc3[nH]1)C2. The van der Waals surface area contributed by atoms with E-state index in [1.54, 1.807) is 14.2 Å². The van der Waals surface area contributed by atoms with Crippen molar-refractivity contribution in [3.05, 3.63) is 53.7 Å². The van der Waals surface area contributed by atoms with Gasteiger partial charge in [-0.25, -0.2) is 0 Å². The number of carbonyl (C=O) groups is 1. The molecule has 0 spiro atoms. The van der Waals surface area contributed by atoms with E-state index in [9.17, 15) is 4.79 Å². The molecular formula is C21H22N2O4. The number of hydrogen-bond donors (Lipinski definition) is 2. The highest BCUT2D eigenvalue weighted by Gasteiger charge is 2.26. The maximum absolute atomic E-state index is 12.6. The molecule has 4 rings (SSSR count). The molecule has 0 saturated carbocycles. The fourth-order valence-electron chi connectivity index (χ4n) is 3.37. The van der Waals surface area contributed by atoms with E-state index < -0.39 is 0 Å². The summed E-state index contributed by atoms with van der Waals surface area (Å²) in [6, 6.07) is 13.6. The Kier molecular flexibility index (Phi) is 4.62. The highest BCUT2D eigenvalue weighted by Crippen LogP contribution is 2.31. The monoisotopic (exact) mass is 366 g/mol. The van der Waals surface area contributed by atoms with Crippen molar-refractivity contribution in [3.8, 4) is 17.2 Å². The summed E-state index contributed by atoms with van der Waals surface area (Å²) >= 11 is 0. The first-order chi connectivity index (χ1) is 13.2. The maximum atomic E-state index is 12.6. The Balaban J connectivity index is 1.39. The highest BCUT2D eigenvalue weighted by atomic mass is 16.5. The van der Waals surface area contributed by atoms with E-state index in [0.29, 0.717) is 19.6 Å². The van der Waals surface area contributed by atoms with E-state index in [2.05, 4.69) is 10.3 Å². The third-order valence-electron chi connectivity index (χ3n) is 4.89. The number of fused-ring (bicyclic) bond motifs is 2. The van der Waals surface area contributed by atoms with Crippen LogP contribution in [0, 0.1) is 5.92 Å². The molecule has 3 aromatic rings. The molecule has 1 atom stereocenters. The molecule has 0 aliphatic carbocycles. The molecule has 2 aromatic carbocycles. The summed E-state index contributed by atoms with van der Waals surface area (Å²) in [5, 5.41) is 4.06. The molecule has 0 fully saturated rings. The molecule has 1 unspecified atom stereocenters. The summed E-state index contributed by atoms with van der Waals surface area (Å²) in [5.41, 5.74) is 3.00. The van der Waals surface area contributed by atoms with Gasteiger partial charge in [-0.2, -0.15) is 0 Å². The summed E-state index contributed by atoms with van der Waals surface area (Å²) in [4.78, 5) is 15.9. The normalized spacial score (nSPS) is 15.7. The molecule has 2 N–H and O–H groups in total. The summed E-state index contributed by atoms with van der Waals surface area (Å²) in [7, 11) is 3.27. The molecule has 1 aromatic heterocycles. The van der Waals surface area contributed by atoms with E-state index in [0.717, 1.165) is 39.4 Å². The molecule has 0 saturated heterocycles. The first kappa shape index (κ1) is 17.3. The predicted octanol–water partition coefficient (Wildman–Crippen LogP) is 3.05. The molecule has 140 valence electrons. The van der Waals surface area contributed by atoms with Gasteiger partial charge in [0.05, 0.1) is 26.7 Å². The van der Waals surface area contributed by atoms with Crippen LogP contribution in [0.2, 0.25) is 0 Å². The predicted molar refractivity (Wildman–Crippen MR) is 102 cm³/mol.